The van der Waals surface area contributed by atoms with Gasteiger partial charge in [0.2, 0.25) is 0 Å². The maximum Gasteiger partial charge on any atom is 0.337 e. The predicted molar refractivity (Wildman–Crippen MR) is 130 cm³/mol. The molecule has 0 spiro atoms. The molecule has 0 atom stereocenters. The molecule has 1 aliphatic heterocycles. The van der Waals surface area contributed by atoms with Crippen molar-refractivity contribution in [2.75, 3.05) is 17.7 Å². The summed E-state index contributed by atoms with van der Waals surface area (Å²) in [7, 11) is 3.28. The van der Waals surface area contributed by atoms with Gasteiger partial charge in [-0.25, -0.2) is 9.78 Å². The lowest BCUT2D eigenvalue weighted by Crippen LogP contribution is -2.09. The van der Waals surface area contributed by atoms with Crippen LogP contribution in [0.1, 0.15) is 21.5 Å². The van der Waals surface area contributed by atoms with Crippen LogP contribution in [0.25, 0.3) is 22.7 Å². The van der Waals surface area contributed by atoms with Gasteiger partial charge in [-0.05, 0) is 47.8 Å². The highest BCUT2D eigenvalue weighted by Gasteiger charge is 2.29. The van der Waals surface area contributed by atoms with Crippen LogP contribution in [-0.2, 0) is 16.6 Å². The SMILES string of the molecule is COC(=O)c1ccc2c(c1)NC(=O)C2=C(Nc1ccc(-c2nccn2C)cc1)c1ccsc1. The van der Waals surface area contributed by atoms with E-state index in [1.165, 1.54) is 7.11 Å². The fourth-order valence-corrected chi connectivity index (χ4v) is 4.49. The van der Waals surface area contributed by atoms with Crippen molar-refractivity contribution in [2.24, 2.45) is 7.05 Å². The smallest absolute Gasteiger partial charge is 0.337 e. The number of anilines is 2. The van der Waals surface area contributed by atoms with E-state index in [4.69, 9.17) is 4.74 Å². The Morgan fingerprint density at radius 3 is 2.61 bits per heavy atom. The van der Waals surface area contributed by atoms with Gasteiger partial charge >= 0.3 is 5.97 Å². The first kappa shape index (κ1) is 20.7. The van der Waals surface area contributed by atoms with Crippen LogP contribution in [0, 0.1) is 0 Å². The zero-order chi connectivity index (χ0) is 22.9. The summed E-state index contributed by atoms with van der Waals surface area (Å²) < 4.78 is 6.76. The van der Waals surface area contributed by atoms with Crippen molar-refractivity contribution in [1.29, 1.82) is 0 Å². The van der Waals surface area contributed by atoms with E-state index in [9.17, 15) is 9.59 Å². The van der Waals surface area contributed by atoms with Gasteiger partial charge in [0, 0.05) is 47.2 Å². The molecule has 7 nitrogen and oxygen atoms in total. The molecule has 3 heterocycles. The minimum Gasteiger partial charge on any atom is -0.465 e. The summed E-state index contributed by atoms with van der Waals surface area (Å²) in [5.41, 5.74) is 5.65. The highest BCUT2D eigenvalue weighted by atomic mass is 32.1. The van der Waals surface area contributed by atoms with Crippen molar-refractivity contribution in [3.63, 3.8) is 0 Å². The van der Waals surface area contributed by atoms with E-state index in [1.807, 2.05) is 58.9 Å². The molecule has 5 rings (SSSR count). The molecule has 2 N–H and O–H groups in total. The Morgan fingerprint density at radius 2 is 1.94 bits per heavy atom. The number of ether oxygens (including phenoxy) is 1. The molecule has 33 heavy (non-hydrogen) atoms. The van der Waals surface area contributed by atoms with Crippen LogP contribution in [0.3, 0.4) is 0 Å². The van der Waals surface area contributed by atoms with Gasteiger partial charge in [0.25, 0.3) is 5.91 Å². The van der Waals surface area contributed by atoms with E-state index >= 15 is 0 Å². The topological polar surface area (TPSA) is 85.2 Å². The summed E-state index contributed by atoms with van der Waals surface area (Å²) in [5, 5.41) is 10.3. The van der Waals surface area contributed by atoms with Crippen LogP contribution < -0.4 is 10.6 Å². The second kappa shape index (κ2) is 8.40. The highest BCUT2D eigenvalue weighted by molar-refractivity contribution is 7.08. The summed E-state index contributed by atoms with van der Waals surface area (Å²) in [5.74, 6) is 0.197. The average Bonchev–Trinajstić information content (AvgIpc) is 3.57. The Morgan fingerprint density at radius 1 is 1.12 bits per heavy atom. The molecule has 164 valence electrons. The molecule has 1 amide bonds. The third kappa shape index (κ3) is 3.81. The van der Waals surface area contributed by atoms with Crippen molar-refractivity contribution < 1.29 is 14.3 Å². The van der Waals surface area contributed by atoms with E-state index in [-0.39, 0.29) is 5.91 Å². The van der Waals surface area contributed by atoms with Gasteiger partial charge in [-0.2, -0.15) is 11.3 Å². The van der Waals surface area contributed by atoms with E-state index in [0.717, 1.165) is 28.2 Å². The van der Waals surface area contributed by atoms with E-state index in [1.54, 1.807) is 35.7 Å². The number of rotatable bonds is 5. The van der Waals surface area contributed by atoms with Gasteiger partial charge in [-0.3, -0.25) is 4.79 Å². The number of nitrogens with zero attached hydrogens (tertiary/aromatic N) is 2. The Balaban J connectivity index is 1.55. The van der Waals surface area contributed by atoms with Gasteiger partial charge in [-0.1, -0.05) is 6.07 Å². The number of benzene rings is 2. The largest absolute Gasteiger partial charge is 0.465 e. The molecule has 1 aliphatic rings. The zero-order valence-electron chi connectivity index (χ0n) is 18.0. The monoisotopic (exact) mass is 456 g/mol. The first-order valence-electron chi connectivity index (χ1n) is 10.2. The molecule has 0 saturated carbocycles. The lowest BCUT2D eigenvalue weighted by atomic mass is 10.00. The van der Waals surface area contributed by atoms with Crippen LogP contribution in [0.15, 0.2) is 71.7 Å². The Kier molecular flexibility index (Phi) is 5.27. The van der Waals surface area contributed by atoms with Crippen molar-refractivity contribution >= 4 is 45.9 Å². The number of aryl methyl sites for hydroxylation is 1. The van der Waals surface area contributed by atoms with Gasteiger partial charge < -0.3 is 19.9 Å². The molecule has 2 aromatic heterocycles. The van der Waals surface area contributed by atoms with E-state index < -0.39 is 5.97 Å². The molecule has 0 aliphatic carbocycles. The van der Waals surface area contributed by atoms with Gasteiger partial charge in [0.1, 0.15) is 5.82 Å². The minimum absolute atomic E-state index is 0.231. The third-order valence-electron chi connectivity index (χ3n) is 5.48. The first-order chi connectivity index (χ1) is 16.0. The van der Waals surface area contributed by atoms with Crippen LogP contribution >= 0.6 is 11.3 Å². The highest BCUT2D eigenvalue weighted by Crippen LogP contribution is 2.38. The molecular weight excluding hydrogens is 436 g/mol. The molecular formula is C25H20N4O3S. The fourth-order valence-electron chi connectivity index (χ4n) is 3.84. The zero-order valence-corrected chi connectivity index (χ0v) is 18.8. The number of hydrogen-bond donors (Lipinski definition) is 2. The van der Waals surface area contributed by atoms with Crippen LogP contribution in [0.5, 0.6) is 0 Å². The number of fused-ring (bicyclic) bond motifs is 1. The standard InChI is InChI=1S/C25H20N4O3S/c1-29-11-10-26-23(29)15-3-6-18(7-4-15)27-22(17-9-12-33-14-17)21-19-8-5-16(25(31)32-2)13-20(19)28-24(21)30/h3-14,27H,1-2H3,(H,28,30). The van der Waals surface area contributed by atoms with Crippen LogP contribution in [0.2, 0.25) is 0 Å². The Bertz CT molecular complexity index is 1390. The first-order valence-corrected chi connectivity index (χ1v) is 11.1. The maximum absolute atomic E-state index is 13.0. The van der Waals surface area contributed by atoms with E-state index in [0.29, 0.717) is 22.5 Å². The van der Waals surface area contributed by atoms with E-state index in [2.05, 4.69) is 15.6 Å². The molecule has 0 radical (unpaired) electrons. The fraction of sp³-hybridized carbons (Fsp3) is 0.0800. The number of methoxy groups -OCH3 is 1. The predicted octanol–water partition coefficient (Wildman–Crippen LogP) is 4.87. The molecule has 2 aromatic carbocycles. The second-order valence-electron chi connectivity index (χ2n) is 7.53. The summed E-state index contributed by atoms with van der Waals surface area (Å²) in [6, 6.07) is 15.0. The molecule has 8 heteroatoms. The number of carbonyl (C=O) groups is 2. The molecule has 0 unspecified atom stereocenters. The lowest BCUT2D eigenvalue weighted by Gasteiger charge is -2.14. The number of aromatic nitrogens is 2. The summed E-state index contributed by atoms with van der Waals surface area (Å²) >= 11 is 1.55. The quantitative estimate of drug-likeness (QED) is 0.331. The number of esters is 1. The molecule has 4 aromatic rings. The van der Waals surface area contributed by atoms with Crippen LogP contribution in [-0.4, -0.2) is 28.5 Å². The summed E-state index contributed by atoms with van der Waals surface area (Å²) in [6.07, 6.45) is 3.67. The summed E-state index contributed by atoms with van der Waals surface area (Å²) in [4.78, 5) is 29.3. The van der Waals surface area contributed by atoms with Crippen molar-refractivity contribution in [1.82, 2.24) is 9.55 Å². The third-order valence-corrected chi connectivity index (χ3v) is 6.16. The van der Waals surface area contributed by atoms with Crippen molar-refractivity contribution in [3.05, 3.63) is 88.4 Å². The van der Waals surface area contributed by atoms with Crippen molar-refractivity contribution in [2.45, 2.75) is 0 Å². The normalized spacial score (nSPS) is 13.9. The van der Waals surface area contributed by atoms with Gasteiger partial charge in [-0.15, -0.1) is 0 Å². The Labute approximate surface area is 194 Å². The number of imidazole rings is 1. The van der Waals surface area contributed by atoms with Crippen LogP contribution in [0.4, 0.5) is 11.4 Å². The number of hydrogen-bond acceptors (Lipinski definition) is 6. The number of thiophene rings is 1. The summed E-state index contributed by atoms with van der Waals surface area (Å²) in [6.45, 7) is 0. The minimum atomic E-state index is -0.450. The number of carbonyl (C=O) groups excluding carboxylic acids is 2. The number of amides is 1. The second-order valence-corrected chi connectivity index (χ2v) is 8.31. The number of nitrogens with one attached hydrogen (secondary N) is 2. The van der Waals surface area contributed by atoms with Crippen molar-refractivity contribution in [3.8, 4) is 11.4 Å². The maximum atomic E-state index is 13.0. The molecule has 0 saturated heterocycles. The molecule has 0 bridgehead atoms. The molecule has 0 fully saturated rings. The van der Waals surface area contributed by atoms with Gasteiger partial charge in [0.05, 0.1) is 29.6 Å². The van der Waals surface area contributed by atoms with Gasteiger partial charge in [0.15, 0.2) is 0 Å². The average molecular weight is 457 g/mol. The Hall–Kier alpha value is -4.17. The lowest BCUT2D eigenvalue weighted by molar-refractivity contribution is -0.110.